The summed E-state index contributed by atoms with van der Waals surface area (Å²) in [5.74, 6) is 0.903. The first-order chi connectivity index (χ1) is 12.8. The molecule has 27 heavy (non-hydrogen) atoms. The van der Waals surface area contributed by atoms with Crippen LogP contribution < -0.4 is 19.5 Å². The predicted molar refractivity (Wildman–Crippen MR) is 102 cm³/mol. The molecule has 2 aromatic carbocycles. The summed E-state index contributed by atoms with van der Waals surface area (Å²) >= 11 is 0. The van der Waals surface area contributed by atoms with Gasteiger partial charge >= 0.3 is 0 Å². The smallest absolute Gasteiger partial charge is 0.241 e. The summed E-state index contributed by atoms with van der Waals surface area (Å²) in [6.07, 6.45) is 0. The van der Waals surface area contributed by atoms with E-state index in [0.717, 1.165) is 11.3 Å². The summed E-state index contributed by atoms with van der Waals surface area (Å²) in [5.41, 5.74) is 1.57. The maximum absolute atomic E-state index is 12.5. The fourth-order valence-electron chi connectivity index (χ4n) is 2.46. The van der Waals surface area contributed by atoms with Crippen LogP contribution in [0.2, 0.25) is 0 Å². The molecule has 0 heterocycles. The lowest BCUT2D eigenvalue weighted by Crippen LogP contribution is -2.44. The summed E-state index contributed by atoms with van der Waals surface area (Å²) in [6, 6.07) is 10.8. The van der Waals surface area contributed by atoms with Gasteiger partial charge < -0.3 is 14.8 Å². The number of hydrogen-bond acceptors (Lipinski definition) is 5. The van der Waals surface area contributed by atoms with Gasteiger partial charge in [-0.1, -0.05) is 12.1 Å². The molecule has 0 aliphatic heterocycles. The number of carbonyl (C=O) groups is 1. The molecule has 0 aliphatic rings. The number of ether oxygens (including phenoxy) is 2. The largest absolute Gasteiger partial charge is 0.497 e. The second kappa shape index (κ2) is 8.88. The van der Waals surface area contributed by atoms with E-state index < -0.39 is 22.0 Å². The van der Waals surface area contributed by atoms with Gasteiger partial charge in [0.15, 0.2) is 0 Å². The molecule has 1 atom stereocenters. The first kappa shape index (κ1) is 20.7. The molecule has 0 saturated carbocycles. The second-order valence-electron chi connectivity index (χ2n) is 6.04. The predicted octanol–water partition coefficient (Wildman–Crippen LogP) is 2.00. The topological polar surface area (TPSA) is 93.7 Å². The summed E-state index contributed by atoms with van der Waals surface area (Å²) in [7, 11) is -0.731. The van der Waals surface area contributed by atoms with Crippen molar-refractivity contribution in [2.24, 2.45) is 0 Å². The van der Waals surface area contributed by atoms with E-state index in [1.54, 1.807) is 32.2 Å². The average molecular weight is 392 g/mol. The lowest BCUT2D eigenvalue weighted by atomic mass is 10.2. The van der Waals surface area contributed by atoms with Crippen LogP contribution in [0.25, 0.3) is 0 Å². The minimum Gasteiger partial charge on any atom is -0.497 e. The molecular weight excluding hydrogens is 368 g/mol. The van der Waals surface area contributed by atoms with Gasteiger partial charge in [-0.25, -0.2) is 8.42 Å². The second-order valence-corrected chi connectivity index (χ2v) is 7.75. The molecule has 0 unspecified atom stereocenters. The Morgan fingerprint density at radius 2 is 1.74 bits per heavy atom. The van der Waals surface area contributed by atoms with E-state index in [1.165, 1.54) is 26.2 Å². The Balaban J connectivity index is 1.98. The van der Waals surface area contributed by atoms with Gasteiger partial charge in [-0.3, -0.25) is 4.79 Å². The van der Waals surface area contributed by atoms with Crippen molar-refractivity contribution in [2.45, 2.75) is 31.3 Å². The highest BCUT2D eigenvalue weighted by atomic mass is 32.2. The van der Waals surface area contributed by atoms with E-state index in [0.29, 0.717) is 11.3 Å². The van der Waals surface area contributed by atoms with E-state index in [-0.39, 0.29) is 11.4 Å². The van der Waals surface area contributed by atoms with Gasteiger partial charge in [-0.2, -0.15) is 4.72 Å². The Labute approximate surface area is 159 Å². The van der Waals surface area contributed by atoms with Crippen LogP contribution in [0.3, 0.4) is 0 Å². The average Bonchev–Trinajstić information content (AvgIpc) is 2.66. The fourth-order valence-corrected chi connectivity index (χ4v) is 3.75. The molecule has 2 N–H and O–H groups in total. The lowest BCUT2D eigenvalue weighted by Gasteiger charge is -2.15. The van der Waals surface area contributed by atoms with E-state index in [1.807, 2.05) is 12.1 Å². The van der Waals surface area contributed by atoms with Crippen LogP contribution in [-0.2, 0) is 21.4 Å². The molecule has 0 fully saturated rings. The maximum atomic E-state index is 12.5. The molecule has 2 aromatic rings. The molecule has 146 valence electrons. The molecule has 0 radical (unpaired) electrons. The van der Waals surface area contributed by atoms with Gasteiger partial charge in [0.2, 0.25) is 15.9 Å². The highest BCUT2D eigenvalue weighted by Crippen LogP contribution is 2.21. The van der Waals surface area contributed by atoms with Crippen molar-refractivity contribution in [3.63, 3.8) is 0 Å². The number of nitrogens with one attached hydrogen (secondary N) is 2. The van der Waals surface area contributed by atoms with Crippen molar-refractivity contribution in [1.82, 2.24) is 10.0 Å². The van der Waals surface area contributed by atoms with Crippen molar-refractivity contribution >= 4 is 15.9 Å². The molecule has 0 saturated heterocycles. The van der Waals surface area contributed by atoms with Crippen molar-refractivity contribution < 1.29 is 22.7 Å². The molecular formula is C19H24N2O5S. The molecule has 1 amide bonds. The Kier molecular flexibility index (Phi) is 6.81. The van der Waals surface area contributed by atoms with Crippen LogP contribution in [0.15, 0.2) is 47.4 Å². The van der Waals surface area contributed by atoms with Gasteiger partial charge in [0.05, 0.1) is 25.2 Å². The van der Waals surface area contributed by atoms with Crippen molar-refractivity contribution in [1.29, 1.82) is 0 Å². The van der Waals surface area contributed by atoms with Gasteiger partial charge in [0.25, 0.3) is 0 Å². The maximum Gasteiger partial charge on any atom is 0.241 e. The normalized spacial score (nSPS) is 12.3. The number of hydrogen-bond donors (Lipinski definition) is 2. The molecule has 2 rings (SSSR count). The summed E-state index contributed by atoms with van der Waals surface area (Å²) < 4.78 is 37.6. The van der Waals surface area contributed by atoms with Crippen LogP contribution in [0.1, 0.15) is 18.1 Å². The van der Waals surface area contributed by atoms with Crippen molar-refractivity contribution in [2.75, 3.05) is 14.2 Å². The molecule has 8 heteroatoms. The van der Waals surface area contributed by atoms with Gasteiger partial charge in [0.1, 0.15) is 11.5 Å². The fraction of sp³-hybridized carbons (Fsp3) is 0.316. The number of carbonyl (C=O) groups excluding carboxylic acids is 1. The number of methoxy groups -OCH3 is 2. The quantitative estimate of drug-likeness (QED) is 0.717. The van der Waals surface area contributed by atoms with Crippen LogP contribution >= 0.6 is 0 Å². The Morgan fingerprint density at radius 3 is 2.30 bits per heavy atom. The minimum absolute atomic E-state index is 0.0793. The standard InChI is InChI=1S/C19H24N2O5S/c1-13-11-17(9-10-18(13)26-4)27(23,24)21-14(2)19(22)20-12-15-5-7-16(25-3)8-6-15/h5-11,14,21H,12H2,1-4H3,(H,20,22)/t14-/m0/s1. The Bertz CT molecular complexity index is 895. The van der Waals surface area contributed by atoms with Crippen molar-refractivity contribution in [3.8, 4) is 11.5 Å². The number of rotatable bonds is 8. The summed E-state index contributed by atoms with van der Waals surface area (Å²) in [5, 5.41) is 2.71. The molecule has 0 spiro atoms. The van der Waals surface area contributed by atoms with Crippen LogP contribution in [0, 0.1) is 6.92 Å². The van der Waals surface area contributed by atoms with E-state index in [9.17, 15) is 13.2 Å². The zero-order valence-corrected chi connectivity index (χ0v) is 16.6. The molecule has 0 bridgehead atoms. The zero-order chi connectivity index (χ0) is 20.0. The highest BCUT2D eigenvalue weighted by Gasteiger charge is 2.22. The van der Waals surface area contributed by atoms with Crippen LogP contribution in [-0.4, -0.2) is 34.6 Å². The van der Waals surface area contributed by atoms with Gasteiger partial charge in [-0.05, 0) is 55.3 Å². The van der Waals surface area contributed by atoms with Gasteiger partial charge in [-0.15, -0.1) is 0 Å². The third kappa shape index (κ3) is 5.45. The molecule has 7 nitrogen and oxygen atoms in total. The van der Waals surface area contributed by atoms with E-state index in [2.05, 4.69) is 10.0 Å². The Morgan fingerprint density at radius 1 is 1.07 bits per heavy atom. The first-order valence-corrected chi connectivity index (χ1v) is 9.82. The van der Waals surface area contributed by atoms with Crippen LogP contribution in [0.5, 0.6) is 11.5 Å². The zero-order valence-electron chi connectivity index (χ0n) is 15.8. The SMILES string of the molecule is COc1ccc(CNC(=O)[C@H](C)NS(=O)(=O)c2ccc(OC)c(C)c2)cc1. The highest BCUT2D eigenvalue weighted by molar-refractivity contribution is 7.89. The summed E-state index contributed by atoms with van der Waals surface area (Å²) in [4.78, 5) is 12.3. The van der Waals surface area contributed by atoms with Crippen molar-refractivity contribution in [3.05, 3.63) is 53.6 Å². The molecule has 0 aromatic heterocycles. The lowest BCUT2D eigenvalue weighted by molar-refractivity contribution is -0.122. The monoisotopic (exact) mass is 392 g/mol. The third-order valence-corrected chi connectivity index (χ3v) is 5.57. The Hall–Kier alpha value is -2.58. The number of sulfonamides is 1. The minimum atomic E-state index is -3.83. The number of aryl methyl sites for hydroxylation is 1. The third-order valence-electron chi connectivity index (χ3n) is 4.03. The van der Waals surface area contributed by atoms with Gasteiger partial charge in [0, 0.05) is 6.54 Å². The number of amides is 1. The molecule has 0 aliphatic carbocycles. The number of benzene rings is 2. The first-order valence-electron chi connectivity index (χ1n) is 8.34. The van der Waals surface area contributed by atoms with E-state index >= 15 is 0 Å². The van der Waals surface area contributed by atoms with Crippen LogP contribution in [0.4, 0.5) is 0 Å². The van der Waals surface area contributed by atoms with E-state index in [4.69, 9.17) is 9.47 Å². The summed E-state index contributed by atoms with van der Waals surface area (Å²) in [6.45, 7) is 3.54.